The third kappa shape index (κ3) is 3.96. The maximum absolute atomic E-state index is 13.1. The van der Waals surface area contributed by atoms with Gasteiger partial charge < -0.3 is 5.73 Å². The van der Waals surface area contributed by atoms with E-state index >= 15 is 0 Å². The summed E-state index contributed by atoms with van der Waals surface area (Å²) in [5.74, 6) is 0.107. The second kappa shape index (κ2) is 7.06. The van der Waals surface area contributed by atoms with Gasteiger partial charge in [-0.15, -0.1) is 0 Å². The van der Waals surface area contributed by atoms with Gasteiger partial charge in [-0.2, -0.15) is 18.3 Å². The molecule has 0 saturated carbocycles. The van der Waals surface area contributed by atoms with Gasteiger partial charge in [-0.3, -0.25) is 4.68 Å². The molecule has 0 bridgehead atoms. The van der Waals surface area contributed by atoms with Crippen LogP contribution >= 0.6 is 0 Å². The lowest BCUT2D eigenvalue weighted by molar-refractivity contribution is -0.137. The lowest BCUT2D eigenvalue weighted by Gasteiger charge is -2.20. The summed E-state index contributed by atoms with van der Waals surface area (Å²) in [7, 11) is 0. The van der Waals surface area contributed by atoms with E-state index in [2.05, 4.69) is 44.7 Å². The van der Waals surface area contributed by atoms with E-state index in [1.807, 2.05) is 10.7 Å². The molecule has 4 nitrogen and oxygen atoms in total. The monoisotopic (exact) mass is 354 g/mol. The fraction of sp³-hybridized carbons (Fsp3) is 0.556. The Morgan fingerprint density at radius 2 is 1.80 bits per heavy atom. The number of nitrogens with two attached hydrogens (primary N) is 1. The lowest BCUT2D eigenvalue weighted by atomic mass is 9.93. The largest absolute Gasteiger partial charge is 0.419 e. The maximum Gasteiger partial charge on any atom is 0.419 e. The first-order chi connectivity index (χ1) is 11.6. The minimum absolute atomic E-state index is 0.161. The predicted octanol–water partition coefficient (Wildman–Crippen LogP) is 5.28. The summed E-state index contributed by atoms with van der Waals surface area (Å²) in [6.07, 6.45) is -2.31. The zero-order valence-electron chi connectivity index (χ0n) is 15.2. The van der Waals surface area contributed by atoms with Gasteiger partial charge >= 0.3 is 6.18 Å². The van der Waals surface area contributed by atoms with Gasteiger partial charge in [0.15, 0.2) is 0 Å². The highest BCUT2D eigenvalue weighted by atomic mass is 19.4. The fourth-order valence-corrected chi connectivity index (χ4v) is 2.60. The number of hydrogen-bond donors (Lipinski definition) is 1. The lowest BCUT2D eigenvalue weighted by Crippen LogP contribution is -2.14. The molecule has 7 heteroatoms. The van der Waals surface area contributed by atoms with Crippen LogP contribution in [0.25, 0.3) is 11.3 Å². The molecular weight excluding hydrogens is 329 g/mol. The van der Waals surface area contributed by atoms with E-state index in [0.717, 1.165) is 18.2 Å². The SMILES string of the molecule is CCC(C)n1nc(-c2cnc(N)c(C(F)(F)F)c2)cc1C(C)C(C)C. The first-order valence-corrected chi connectivity index (χ1v) is 8.48. The molecule has 0 fully saturated rings. The molecule has 0 radical (unpaired) electrons. The number of rotatable bonds is 5. The van der Waals surface area contributed by atoms with Crippen LogP contribution < -0.4 is 5.73 Å². The van der Waals surface area contributed by atoms with Crippen molar-refractivity contribution in [2.75, 3.05) is 5.73 Å². The molecule has 2 unspecified atom stereocenters. The second-order valence-corrected chi connectivity index (χ2v) is 6.84. The molecular formula is C18H25F3N4. The molecule has 2 aromatic rings. The number of anilines is 1. The average Bonchev–Trinajstić information content (AvgIpc) is 2.97. The van der Waals surface area contributed by atoms with Gasteiger partial charge in [0.1, 0.15) is 5.82 Å². The number of hydrogen-bond acceptors (Lipinski definition) is 3. The van der Waals surface area contributed by atoms with Crippen molar-refractivity contribution in [2.45, 2.75) is 59.2 Å². The highest BCUT2D eigenvalue weighted by molar-refractivity contribution is 5.62. The predicted molar refractivity (Wildman–Crippen MR) is 93.1 cm³/mol. The molecule has 138 valence electrons. The van der Waals surface area contributed by atoms with Gasteiger partial charge in [0.05, 0.1) is 11.3 Å². The molecule has 0 aromatic carbocycles. The smallest absolute Gasteiger partial charge is 0.383 e. The Labute approximate surface area is 146 Å². The van der Waals surface area contributed by atoms with Crippen LogP contribution in [0.1, 0.15) is 64.3 Å². The molecule has 0 spiro atoms. The van der Waals surface area contributed by atoms with Gasteiger partial charge in [-0.1, -0.05) is 27.7 Å². The van der Waals surface area contributed by atoms with Crippen LogP contribution in [0.2, 0.25) is 0 Å². The summed E-state index contributed by atoms with van der Waals surface area (Å²) in [6, 6.07) is 3.05. The van der Waals surface area contributed by atoms with Crippen molar-refractivity contribution in [1.82, 2.24) is 14.8 Å². The number of halogens is 3. The molecule has 2 atom stereocenters. The summed E-state index contributed by atoms with van der Waals surface area (Å²) >= 11 is 0. The Bertz CT molecular complexity index is 734. The van der Waals surface area contributed by atoms with Crippen LogP contribution in [-0.4, -0.2) is 14.8 Å². The van der Waals surface area contributed by atoms with Crippen molar-refractivity contribution in [3.8, 4) is 11.3 Å². The first-order valence-electron chi connectivity index (χ1n) is 8.48. The zero-order chi connectivity index (χ0) is 18.9. The molecule has 0 amide bonds. The summed E-state index contributed by atoms with van der Waals surface area (Å²) in [4.78, 5) is 3.71. The van der Waals surface area contributed by atoms with Crippen molar-refractivity contribution in [1.29, 1.82) is 0 Å². The quantitative estimate of drug-likeness (QED) is 0.795. The molecule has 2 aromatic heterocycles. The van der Waals surface area contributed by atoms with Gasteiger partial charge in [-0.05, 0) is 31.4 Å². The number of nitrogens with zero attached hydrogens (tertiary/aromatic N) is 3. The topological polar surface area (TPSA) is 56.7 Å². The highest BCUT2D eigenvalue weighted by Gasteiger charge is 2.34. The number of pyridine rings is 1. The minimum Gasteiger partial charge on any atom is -0.383 e. The van der Waals surface area contributed by atoms with Crippen LogP contribution in [0.4, 0.5) is 19.0 Å². The first kappa shape index (κ1) is 19.3. The van der Waals surface area contributed by atoms with Gasteiger partial charge in [-0.25, -0.2) is 4.98 Å². The maximum atomic E-state index is 13.1. The molecule has 25 heavy (non-hydrogen) atoms. The second-order valence-electron chi connectivity index (χ2n) is 6.84. The Kier molecular flexibility index (Phi) is 5.44. The molecule has 0 saturated heterocycles. The summed E-state index contributed by atoms with van der Waals surface area (Å²) in [6.45, 7) is 10.4. The van der Waals surface area contributed by atoms with Crippen molar-refractivity contribution < 1.29 is 13.2 Å². The van der Waals surface area contributed by atoms with Crippen molar-refractivity contribution in [3.63, 3.8) is 0 Å². The molecule has 0 aliphatic heterocycles. The van der Waals surface area contributed by atoms with Crippen LogP contribution in [0.3, 0.4) is 0 Å². The zero-order valence-corrected chi connectivity index (χ0v) is 15.2. The van der Waals surface area contributed by atoms with Crippen LogP contribution in [0, 0.1) is 5.92 Å². The summed E-state index contributed by atoms with van der Waals surface area (Å²) < 4.78 is 41.2. The standard InChI is InChI=1S/C18H25F3N4/c1-6-11(4)25-16(12(5)10(2)3)8-15(24-25)13-7-14(18(19,20)21)17(22)23-9-13/h7-12H,6H2,1-5H3,(H2,22,23). The van der Waals surface area contributed by atoms with Crippen molar-refractivity contribution in [2.24, 2.45) is 5.92 Å². The minimum atomic E-state index is -4.54. The number of nitrogen functional groups attached to an aromatic ring is 1. The Hall–Kier alpha value is -2.05. The van der Waals surface area contributed by atoms with E-state index in [1.165, 1.54) is 6.20 Å². The Morgan fingerprint density at radius 3 is 2.32 bits per heavy atom. The Balaban J connectivity index is 2.57. The molecule has 2 rings (SSSR count). The molecule has 0 aliphatic carbocycles. The van der Waals surface area contributed by atoms with E-state index in [1.54, 1.807) is 0 Å². The summed E-state index contributed by atoms with van der Waals surface area (Å²) in [5, 5.41) is 4.58. The van der Waals surface area contributed by atoms with Gasteiger partial charge in [0, 0.05) is 29.4 Å². The van der Waals surface area contributed by atoms with E-state index < -0.39 is 17.6 Å². The van der Waals surface area contributed by atoms with Gasteiger partial charge in [0.2, 0.25) is 0 Å². The summed E-state index contributed by atoms with van der Waals surface area (Å²) in [5.41, 5.74) is 6.29. The average molecular weight is 354 g/mol. The van der Waals surface area contributed by atoms with Crippen molar-refractivity contribution in [3.05, 3.63) is 29.6 Å². The third-order valence-corrected chi connectivity index (χ3v) is 4.76. The van der Waals surface area contributed by atoms with Crippen LogP contribution in [-0.2, 0) is 6.18 Å². The number of aromatic nitrogens is 3. The van der Waals surface area contributed by atoms with Gasteiger partial charge in [0.25, 0.3) is 0 Å². The van der Waals surface area contributed by atoms with E-state index in [-0.39, 0.29) is 12.0 Å². The van der Waals surface area contributed by atoms with Crippen LogP contribution in [0.5, 0.6) is 0 Å². The third-order valence-electron chi connectivity index (χ3n) is 4.76. The van der Waals surface area contributed by atoms with E-state index in [0.29, 0.717) is 17.2 Å². The van der Waals surface area contributed by atoms with Crippen LogP contribution in [0.15, 0.2) is 18.3 Å². The molecule has 0 aliphatic rings. The molecule has 2 heterocycles. The van der Waals surface area contributed by atoms with Crippen molar-refractivity contribution >= 4 is 5.82 Å². The van der Waals surface area contributed by atoms with E-state index in [9.17, 15) is 13.2 Å². The normalized spacial score (nSPS) is 14.8. The van der Waals surface area contributed by atoms with E-state index in [4.69, 9.17) is 5.73 Å². The highest BCUT2D eigenvalue weighted by Crippen LogP contribution is 2.36. The molecule has 2 N–H and O–H groups in total. The Morgan fingerprint density at radius 1 is 1.16 bits per heavy atom. The number of alkyl halides is 3. The fourth-order valence-electron chi connectivity index (χ4n) is 2.60.